The van der Waals surface area contributed by atoms with Gasteiger partial charge in [0.05, 0.1) is 11.1 Å². The summed E-state index contributed by atoms with van der Waals surface area (Å²) in [5.74, 6) is -2.46. The molecule has 0 aliphatic carbocycles. The Hall–Kier alpha value is -3.92. The predicted octanol–water partition coefficient (Wildman–Crippen LogP) is 17.2. The van der Waals surface area contributed by atoms with Crippen molar-refractivity contribution >= 4 is 22.7 Å². The van der Waals surface area contributed by atoms with Crippen molar-refractivity contribution < 1.29 is 19.8 Å². The molecule has 0 bridgehead atoms. The molecule has 0 saturated carbocycles. The molecule has 4 heteroatoms. The van der Waals surface area contributed by atoms with E-state index in [4.69, 9.17) is 10.2 Å². The first-order valence-corrected chi connectivity index (χ1v) is 24.6. The molecule has 0 fully saturated rings. The summed E-state index contributed by atoms with van der Waals surface area (Å²) in [5, 5.41) is 20.3. The number of carboxylic acid groups (broad SMARTS) is 2. The molecule has 4 aromatic carbocycles. The highest BCUT2D eigenvalue weighted by Gasteiger charge is 2.22. The number of benzene rings is 4. The van der Waals surface area contributed by atoms with Crippen molar-refractivity contribution in [3.8, 4) is 11.1 Å². The first-order valence-electron chi connectivity index (χ1n) is 24.6. The number of aromatic carboxylic acids is 2. The maximum absolute atomic E-state index is 10.5. The molecule has 60 heavy (non-hydrogen) atoms. The average Bonchev–Trinajstić information content (AvgIpc) is 3.26. The van der Waals surface area contributed by atoms with Gasteiger partial charge in [-0.25, -0.2) is 9.59 Å². The fourth-order valence-electron chi connectivity index (χ4n) is 9.01. The summed E-state index contributed by atoms with van der Waals surface area (Å²) >= 11 is 0. The van der Waals surface area contributed by atoms with Crippen LogP contribution in [0.2, 0.25) is 0 Å². The smallest absolute Gasteiger partial charge is 0.336 e. The van der Waals surface area contributed by atoms with Crippen molar-refractivity contribution in [2.45, 2.75) is 207 Å². The largest absolute Gasteiger partial charge is 0.478 e. The molecule has 0 aromatic heterocycles. The number of rotatable bonds is 31. The van der Waals surface area contributed by atoms with Crippen LogP contribution >= 0.6 is 0 Å². The van der Waals surface area contributed by atoms with Crippen LogP contribution in [0.3, 0.4) is 0 Å². The fourth-order valence-corrected chi connectivity index (χ4v) is 9.01. The van der Waals surface area contributed by atoms with Crippen molar-refractivity contribution in [2.24, 2.45) is 0 Å². The lowest BCUT2D eigenvalue weighted by atomic mass is 9.79. The standard InChI is InChI=1S/C48H76.C8H6O4/c1-5-9-13-17-21-26-33-42-36-32-40-46-47(41-34-27-25-28-35-41)44(38-30-23-19-15-11-7-3)43(37-29-22-18-14-10-6-2)45(48(42)46)39-31-24-20-16-12-8-4;9-7(10)5-3-1-2-4-6(5)8(11)12/h25,27-28,32,34-36,40H,5-24,26,29-31,33,37-39H2,1-4H3;1-4H,(H,9,10)(H,11,12). The van der Waals surface area contributed by atoms with Gasteiger partial charge < -0.3 is 10.2 Å². The Kier molecular flexibility index (Phi) is 26.1. The van der Waals surface area contributed by atoms with E-state index >= 15 is 0 Å². The lowest BCUT2D eigenvalue weighted by Crippen LogP contribution is -2.08. The van der Waals surface area contributed by atoms with Crippen LogP contribution in [0.5, 0.6) is 0 Å². The summed E-state index contributed by atoms with van der Waals surface area (Å²) in [5.41, 5.74) is 9.53. The molecule has 2 N–H and O–H groups in total. The zero-order valence-corrected chi connectivity index (χ0v) is 38.4. The van der Waals surface area contributed by atoms with Crippen molar-refractivity contribution in [1.29, 1.82) is 0 Å². The Balaban J connectivity index is 0.000000685. The molecule has 0 aliphatic rings. The van der Waals surface area contributed by atoms with Gasteiger partial charge >= 0.3 is 11.9 Å². The zero-order valence-electron chi connectivity index (χ0n) is 38.4. The van der Waals surface area contributed by atoms with E-state index in [-0.39, 0.29) is 11.1 Å². The van der Waals surface area contributed by atoms with Gasteiger partial charge in [-0.05, 0) is 108 Å². The summed E-state index contributed by atoms with van der Waals surface area (Å²) in [6, 6.07) is 24.4. The number of fused-ring (bicyclic) bond motifs is 1. The SMILES string of the molecule is CCCCCCCCc1c(CCCCCCCC)c(CCCCCCCC)c2c(CCCCCCCC)cccc2c1-c1ccccc1.O=C(O)c1ccccc1C(=O)O. The zero-order chi connectivity index (χ0) is 43.2. The molecule has 0 aliphatic heterocycles. The summed E-state index contributed by atoms with van der Waals surface area (Å²) in [4.78, 5) is 20.9. The minimum atomic E-state index is -1.23. The highest BCUT2D eigenvalue weighted by molar-refractivity contribution is 6.03. The van der Waals surface area contributed by atoms with Crippen LogP contribution in [0.4, 0.5) is 0 Å². The van der Waals surface area contributed by atoms with Crippen molar-refractivity contribution in [2.75, 3.05) is 0 Å². The van der Waals surface area contributed by atoms with Gasteiger partial charge in [0.1, 0.15) is 0 Å². The number of unbranched alkanes of at least 4 members (excludes halogenated alkanes) is 20. The van der Waals surface area contributed by atoms with Crippen molar-refractivity contribution in [3.63, 3.8) is 0 Å². The van der Waals surface area contributed by atoms with E-state index in [0.717, 1.165) is 0 Å². The molecular formula is C56H82O4. The highest BCUT2D eigenvalue weighted by atomic mass is 16.4. The molecule has 0 heterocycles. The van der Waals surface area contributed by atoms with E-state index in [1.54, 1.807) is 38.6 Å². The lowest BCUT2D eigenvalue weighted by molar-refractivity contribution is 0.0651. The number of carbonyl (C=O) groups is 2. The Morgan fingerprint density at radius 1 is 0.383 bits per heavy atom. The molecule has 4 aromatic rings. The van der Waals surface area contributed by atoms with Crippen LogP contribution in [0.15, 0.2) is 72.8 Å². The minimum Gasteiger partial charge on any atom is -0.478 e. The summed E-state index contributed by atoms with van der Waals surface area (Å²) in [6.07, 6.45) is 37.9. The molecule has 330 valence electrons. The van der Waals surface area contributed by atoms with Crippen LogP contribution in [0.1, 0.15) is 225 Å². The number of carboxylic acids is 2. The highest BCUT2D eigenvalue weighted by Crippen LogP contribution is 2.42. The second-order valence-corrected chi connectivity index (χ2v) is 17.2. The van der Waals surface area contributed by atoms with Crippen molar-refractivity contribution in [3.05, 3.63) is 106 Å². The molecule has 0 saturated heterocycles. The first kappa shape index (κ1) is 50.4. The number of aryl methyl sites for hydroxylation is 2. The van der Waals surface area contributed by atoms with Gasteiger partial charge in [-0.3, -0.25) is 0 Å². The number of hydrogen-bond acceptors (Lipinski definition) is 2. The van der Waals surface area contributed by atoms with Gasteiger partial charge in [0.25, 0.3) is 0 Å². The molecule has 0 spiro atoms. The van der Waals surface area contributed by atoms with E-state index in [1.807, 2.05) is 0 Å². The molecule has 0 atom stereocenters. The summed E-state index contributed by atoms with van der Waals surface area (Å²) < 4.78 is 0. The Morgan fingerprint density at radius 2 is 0.767 bits per heavy atom. The molecule has 4 nitrogen and oxygen atoms in total. The average molecular weight is 819 g/mol. The third-order valence-corrected chi connectivity index (χ3v) is 12.3. The second kappa shape index (κ2) is 31.0. The second-order valence-electron chi connectivity index (χ2n) is 17.2. The van der Waals surface area contributed by atoms with E-state index < -0.39 is 11.9 Å². The van der Waals surface area contributed by atoms with E-state index in [9.17, 15) is 9.59 Å². The van der Waals surface area contributed by atoms with E-state index in [0.29, 0.717) is 0 Å². The first-order chi connectivity index (χ1) is 29.4. The van der Waals surface area contributed by atoms with Crippen molar-refractivity contribution in [1.82, 2.24) is 0 Å². The van der Waals surface area contributed by atoms with Gasteiger partial charge in [0.15, 0.2) is 0 Å². The maximum atomic E-state index is 10.5. The van der Waals surface area contributed by atoms with Crippen LogP contribution in [0, 0.1) is 0 Å². The molecule has 0 radical (unpaired) electrons. The van der Waals surface area contributed by atoms with E-state index in [1.165, 1.54) is 210 Å². The van der Waals surface area contributed by atoms with Crippen LogP contribution in [0.25, 0.3) is 21.9 Å². The molecule has 0 amide bonds. The Morgan fingerprint density at radius 3 is 1.22 bits per heavy atom. The molecule has 0 unspecified atom stereocenters. The van der Waals surface area contributed by atoms with Gasteiger partial charge in [-0.2, -0.15) is 0 Å². The third-order valence-electron chi connectivity index (χ3n) is 12.3. The Bertz CT molecular complexity index is 1740. The topological polar surface area (TPSA) is 74.6 Å². The monoisotopic (exact) mass is 819 g/mol. The molecular weight excluding hydrogens is 737 g/mol. The summed E-state index contributed by atoms with van der Waals surface area (Å²) in [7, 11) is 0. The minimum absolute atomic E-state index is 0.190. The van der Waals surface area contributed by atoms with Crippen LogP contribution in [-0.4, -0.2) is 22.2 Å². The summed E-state index contributed by atoms with van der Waals surface area (Å²) in [6.45, 7) is 9.34. The van der Waals surface area contributed by atoms with Gasteiger partial charge in [0, 0.05) is 0 Å². The fraction of sp³-hybridized carbons (Fsp3) is 0.571. The Labute approximate surface area is 366 Å². The van der Waals surface area contributed by atoms with Gasteiger partial charge in [-0.15, -0.1) is 0 Å². The lowest BCUT2D eigenvalue weighted by Gasteiger charge is -2.25. The van der Waals surface area contributed by atoms with E-state index in [2.05, 4.69) is 76.2 Å². The van der Waals surface area contributed by atoms with Crippen LogP contribution < -0.4 is 0 Å². The molecule has 4 rings (SSSR count). The maximum Gasteiger partial charge on any atom is 0.336 e. The third kappa shape index (κ3) is 17.6. The quantitative estimate of drug-likeness (QED) is 0.0496. The van der Waals surface area contributed by atoms with Crippen LogP contribution in [-0.2, 0) is 25.7 Å². The normalized spacial score (nSPS) is 11.1. The predicted molar refractivity (Wildman–Crippen MR) is 258 cm³/mol. The van der Waals surface area contributed by atoms with Gasteiger partial charge in [-0.1, -0.05) is 217 Å². The number of hydrogen-bond donors (Lipinski definition) is 2. The van der Waals surface area contributed by atoms with Gasteiger partial charge in [0.2, 0.25) is 0 Å².